The summed E-state index contributed by atoms with van der Waals surface area (Å²) < 4.78 is 5.76. The molecule has 2 aromatic heterocycles. The van der Waals surface area contributed by atoms with Crippen LogP contribution in [0.1, 0.15) is 82.2 Å². The first-order valence-electron chi connectivity index (χ1n) is 11.2. The number of aromatic nitrogens is 3. The van der Waals surface area contributed by atoms with Crippen LogP contribution in [0.2, 0.25) is 0 Å². The van der Waals surface area contributed by atoms with Crippen LogP contribution in [0.5, 0.6) is 0 Å². The van der Waals surface area contributed by atoms with E-state index >= 15 is 0 Å². The van der Waals surface area contributed by atoms with Gasteiger partial charge in [0.05, 0.1) is 5.92 Å². The van der Waals surface area contributed by atoms with Crippen molar-refractivity contribution in [1.29, 1.82) is 0 Å². The number of carbonyl (C=O) groups is 1. The van der Waals surface area contributed by atoms with Crippen LogP contribution in [0.15, 0.2) is 47.2 Å². The molecule has 2 fully saturated rings. The molecule has 6 nitrogen and oxygen atoms in total. The molecule has 3 aromatic rings. The fourth-order valence-corrected chi connectivity index (χ4v) is 4.96. The fourth-order valence-electron chi connectivity index (χ4n) is 4.96. The summed E-state index contributed by atoms with van der Waals surface area (Å²) in [6.45, 7) is 5.28. The summed E-state index contributed by atoms with van der Waals surface area (Å²) in [5.74, 6) is 1.99. The van der Waals surface area contributed by atoms with Gasteiger partial charge in [0, 0.05) is 42.9 Å². The minimum atomic E-state index is -0.0256. The van der Waals surface area contributed by atoms with Crippen molar-refractivity contribution in [1.82, 2.24) is 20.0 Å². The van der Waals surface area contributed by atoms with Crippen molar-refractivity contribution in [2.24, 2.45) is 0 Å². The maximum atomic E-state index is 13.3. The molecule has 1 saturated carbocycles. The molecule has 6 heteroatoms. The number of amides is 1. The van der Waals surface area contributed by atoms with Crippen molar-refractivity contribution in [2.75, 3.05) is 13.1 Å². The average molecular weight is 417 g/mol. The lowest BCUT2D eigenvalue weighted by Gasteiger charge is -2.17. The summed E-state index contributed by atoms with van der Waals surface area (Å²) in [6.07, 6.45) is 8.38. The highest BCUT2D eigenvalue weighted by atomic mass is 16.5. The molecule has 160 valence electrons. The van der Waals surface area contributed by atoms with Gasteiger partial charge in [-0.15, -0.1) is 0 Å². The van der Waals surface area contributed by atoms with Gasteiger partial charge in [0.2, 0.25) is 5.89 Å². The highest BCUT2D eigenvalue weighted by Crippen LogP contribution is 2.40. The van der Waals surface area contributed by atoms with Crippen molar-refractivity contribution in [3.63, 3.8) is 0 Å². The van der Waals surface area contributed by atoms with Crippen LogP contribution in [0.3, 0.4) is 0 Å². The Labute approximate surface area is 182 Å². The normalized spacial score (nSPS) is 21.7. The van der Waals surface area contributed by atoms with E-state index in [9.17, 15) is 4.79 Å². The van der Waals surface area contributed by atoms with Crippen molar-refractivity contribution in [3.8, 4) is 0 Å². The van der Waals surface area contributed by atoms with Crippen LogP contribution in [0.25, 0.3) is 0 Å². The smallest absolute Gasteiger partial charge is 0.253 e. The summed E-state index contributed by atoms with van der Waals surface area (Å²) >= 11 is 0. The summed E-state index contributed by atoms with van der Waals surface area (Å²) in [5.41, 5.74) is 4.15. The van der Waals surface area contributed by atoms with Gasteiger partial charge in [-0.1, -0.05) is 30.1 Å². The van der Waals surface area contributed by atoms with Crippen LogP contribution in [0.4, 0.5) is 0 Å². The molecule has 2 atom stereocenters. The quantitative estimate of drug-likeness (QED) is 0.613. The molecule has 1 amide bonds. The number of likely N-dealkylation sites (tertiary alicyclic amines) is 1. The first-order valence-corrected chi connectivity index (χ1v) is 11.2. The van der Waals surface area contributed by atoms with E-state index in [2.05, 4.69) is 23.1 Å². The van der Waals surface area contributed by atoms with Gasteiger partial charge in [-0.05, 0) is 61.6 Å². The molecule has 2 aliphatic rings. The van der Waals surface area contributed by atoms with Gasteiger partial charge in [0.15, 0.2) is 5.82 Å². The van der Waals surface area contributed by atoms with E-state index in [0.29, 0.717) is 24.9 Å². The lowest BCUT2D eigenvalue weighted by atomic mass is 9.90. The zero-order valence-electron chi connectivity index (χ0n) is 18.1. The Bertz CT molecular complexity index is 1070. The number of nitrogens with zero attached hydrogens (tertiary/aromatic N) is 4. The van der Waals surface area contributed by atoms with Crippen molar-refractivity contribution < 1.29 is 9.32 Å². The van der Waals surface area contributed by atoms with Gasteiger partial charge in [-0.3, -0.25) is 9.78 Å². The van der Waals surface area contributed by atoms with Gasteiger partial charge in [-0.25, -0.2) is 0 Å². The molecule has 1 aliphatic heterocycles. The van der Waals surface area contributed by atoms with Crippen LogP contribution in [0, 0.1) is 13.8 Å². The number of aryl methyl sites for hydroxylation is 2. The first-order chi connectivity index (χ1) is 15.1. The predicted octanol–water partition coefficient (Wildman–Crippen LogP) is 4.76. The predicted molar refractivity (Wildman–Crippen MR) is 117 cm³/mol. The van der Waals surface area contributed by atoms with Gasteiger partial charge >= 0.3 is 0 Å². The lowest BCUT2D eigenvalue weighted by Crippen LogP contribution is -2.29. The average Bonchev–Trinajstić information content (AvgIpc) is 3.55. The number of benzene rings is 1. The maximum Gasteiger partial charge on any atom is 0.253 e. The van der Waals surface area contributed by atoms with E-state index < -0.39 is 0 Å². The van der Waals surface area contributed by atoms with Crippen LogP contribution in [-0.4, -0.2) is 39.0 Å². The standard InChI is InChI=1S/C25H28N4O2/c1-16-9-10-19(12-17(16)2)25(30)29-14-21(20-8-5-11-26-13-20)22(15-29)24-27-23(28-31-24)18-6-3-4-7-18/h5,8-13,18,21-22H,3-4,6-7,14-15H2,1-2H3/t21-,22+/m0/s1. The zero-order chi connectivity index (χ0) is 21.4. The van der Waals surface area contributed by atoms with Crippen molar-refractivity contribution in [2.45, 2.75) is 57.3 Å². The van der Waals surface area contributed by atoms with E-state index in [1.54, 1.807) is 6.20 Å². The summed E-state index contributed by atoms with van der Waals surface area (Å²) in [6, 6.07) is 9.93. The molecule has 3 heterocycles. The largest absolute Gasteiger partial charge is 0.339 e. The second-order valence-corrected chi connectivity index (χ2v) is 8.98. The summed E-state index contributed by atoms with van der Waals surface area (Å²) in [7, 11) is 0. The topological polar surface area (TPSA) is 72.1 Å². The van der Waals surface area contributed by atoms with E-state index in [1.807, 2.05) is 42.3 Å². The Morgan fingerprint density at radius 1 is 1.06 bits per heavy atom. The van der Waals surface area contributed by atoms with E-state index in [4.69, 9.17) is 9.51 Å². The molecule has 5 rings (SSSR count). The Balaban J connectivity index is 1.44. The third-order valence-electron chi connectivity index (χ3n) is 6.97. The molecule has 0 radical (unpaired) electrons. The van der Waals surface area contributed by atoms with E-state index in [-0.39, 0.29) is 17.7 Å². The molecule has 0 unspecified atom stereocenters. The highest BCUT2D eigenvalue weighted by molar-refractivity contribution is 5.94. The van der Waals surface area contributed by atoms with E-state index in [0.717, 1.165) is 35.4 Å². The molecule has 0 N–H and O–H groups in total. The number of carbonyl (C=O) groups excluding carboxylic acids is 1. The first kappa shape index (κ1) is 19.9. The Kier molecular flexibility index (Phi) is 5.30. The maximum absolute atomic E-state index is 13.3. The van der Waals surface area contributed by atoms with Crippen LogP contribution < -0.4 is 0 Å². The SMILES string of the molecule is Cc1ccc(C(=O)N2C[C@@H](c3cccnc3)[C@H](c3nc(C4CCCC4)no3)C2)cc1C. The highest BCUT2D eigenvalue weighted by Gasteiger charge is 2.41. The van der Waals surface area contributed by atoms with Gasteiger partial charge in [0.25, 0.3) is 5.91 Å². The molecule has 1 aliphatic carbocycles. The molecule has 1 saturated heterocycles. The molecular weight excluding hydrogens is 388 g/mol. The van der Waals surface area contributed by atoms with Crippen molar-refractivity contribution in [3.05, 3.63) is 76.7 Å². The van der Waals surface area contributed by atoms with E-state index in [1.165, 1.54) is 18.4 Å². The molecular formula is C25H28N4O2. The van der Waals surface area contributed by atoms with Crippen molar-refractivity contribution >= 4 is 5.91 Å². The van der Waals surface area contributed by atoms with Gasteiger partial charge < -0.3 is 9.42 Å². The molecule has 31 heavy (non-hydrogen) atoms. The zero-order valence-corrected chi connectivity index (χ0v) is 18.1. The number of hydrogen-bond acceptors (Lipinski definition) is 5. The fraction of sp³-hybridized carbons (Fsp3) is 0.440. The Morgan fingerprint density at radius 2 is 1.87 bits per heavy atom. The van der Waals surface area contributed by atoms with Gasteiger partial charge in [-0.2, -0.15) is 4.98 Å². The second-order valence-electron chi connectivity index (χ2n) is 8.98. The Hall–Kier alpha value is -3.02. The minimum Gasteiger partial charge on any atom is -0.339 e. The third-order valence-corrected chi connectivity index (χ3v) is 6.97. The Morgan fingerprint density at radius 3 is 2.61 bits per heavy atom. The molecule has 1 aromatic carbocycles. The van der Waals surface area contributed by atoms with Crippen LogP contribution >= 0.6 is 0 Å². The number of hydrogen-bond donors (Lipinski definition) is 0. The van der Waals surface area contributed by atoms with Crippen LogP contribution in [-0.2, 0) is 0 Å². The summed E-state index contributed by atoms with van der Waals surface area (Å²) in [5, 5.41) is 4.32. The number of pyridine rings is 1. The third kappa shape index (κ3) is 3.87. The van der Waals surface area contributed by atoms with Gasteiger partial charge in [0.1, 0.15) is 0 Å². The molecule has 0 spiro atoms. The minimum absolute atomic E-state index is 0.0256. The second kappa shape index (κ2) is 8.25. The molecule has 0 bridgehead atoms. The monoisotopic (exact) mass is 416 g/mol. The number of rotatable bonds is 4. The summed E-state index contributed by atoms with van der Waals surface area (Å²) in [4.78, 5) is 24.4. The lowest BCUT2D eigenvalue weighted by molar-refractivity contribution is 0.0788.